The lowest BCUT2D eigenvalue weighted by Crippen LogP contribution is -2.02. The SMILES string of the molecule is Cc1cc(C)c(C)c(OCc2ccc(Br)cc2N)c1. The molecule has 0 amide bonds. The van der Waals surface area contributed by atoms with Gasteiger partial charge < -0.3 is 10.5 Å². The van der Waals surface area contributed by atoms with Crippen LogP contribution in [0, 0.1) is 20.8 Å². The van der Waals surface area contributed by atoms with Crippen LogP contribution in [0.4, 0.5) is 5.69 Å². The van der Waals surface area contributed by atoms with Crippen LogP contribution >= 0.6 is 15.9 Å². The third-order valence-corrected chi connectivity index (χ3v) is 3.75. The van der Waals surface area contributed by atoms with E-state index in [0.717, 1.165) is 21.5 Å². The maximum absolute atomic E-state index is 5.97. The molecule has 2 N–H and O–H groups in total. The lowest BCUT2D eigenvalue weighted by Gasteiger charge is -2.13. The minimum atomic E-state index is 0.489. The van der Waals surface area contributed by atoms with Crippen molar-refractivity contribution >= 4 is 21.6 Å². The molecule has 0 fully saturated rings. The molecule has 0 aromatic heterocycles. The number of hydrogen-bond acceptors (Lipinski definition) is 2. The number of nitrogen functional groups attached to an aromatic ring is 1. The number of nitrogens with two attached hydrogens (primary N) is 1. The van der Waals surface area contributed by atoms with Crippen molar-refractivity contribution in [1.29, 1.82) is 0 Å². The molecule has 2 nitrogen and oxygen atoms in total. The van der Waals surface area contributed by atoms with E-state index in [0.29, 0.717) is 6.61 Å². The first-order chi connectivity index (χ1) is 8.97. The van der Waals surface area contributed by atoms with E-state index in [1.54, 1.807) is 0 Å². The summed E-state index contributed by atoms with van der Waals surface area (Å²) in [6, 6.07) is 10.1. The number of anilines is 1. The van der Waals surface area contributed by atoms with E-state index in [9.17, 15) is 0 Å². The van der Waals surface area contributed by atoms with Gasteiger partial charge in [-0.2, -0.15) is 0 Å². The van der Waals surface area contributed by atoms with Crippen molar-refractivity contribution in [3.05, 3.63) is 57.1 Å². The summed E-state index contributed by atoms with van der Waals surface area (Å²) in [6.07, 6.45) is 0. The van der Waals surface area contributed by atoms with Crippen molar-refractivity contribution in [2.45, 2.75) is 27.4 Å². The summed E-state index contributed by atoms with van der Waals surface area (Å²) in [4.78, 5) is 0. The minimum Gasteiger partial charge on any atom is -0.489 e. The topological polar surface area (TPSA) is 35.2 Å². The second-order valence-corrected chi connectivity index (χ2v) is 5.75. The van der Waals surface area contributed by atoms with Gasteiger partial charge in [0.15, 0.2) is 0 Å². The monoisotopic (exact) mass is 319 g/mol. The Labute approximate surface area is 122 Å². The van der Waals surface area contributed by atoms with Gasteiger partial charge in [0.25, 0.3) is 0 Å². The zero-order chi connectivity index (χ0) is 14.0. The third kappa shape index (κ3) is 3.29. The molecule has 19 heavy (non-hydrogen) atoms. The summed E-state index contributed by atoms with van der Waals surface area (Å²) in [6.45, 7) is 6.74. The molecule has 2 rings (SSSR count). The predicted molar refractivity (Wildman–Crippen MR) is 83.5 cm³/mol. The molecule has 0 aliphatic carbocycles. The molecule has 2 aromatic carbocycles. The summed E-state index contributed by atoms with van der Waals surface area (Å²) < 4.78 is 6.89. The number of hydrogen-bond donors (Lipinski definition) is 1. The van der Waals surface area contributed by atoms with Gasteiger partial charge in [-0.3, -0.25) is 0 Å². The van der Waals surface area contributed by atoms with Crippen molar-refractivity contribution < 1.29 is 4.74 Å². The van der Waals surface area contributed by atoms with E-state index in [1.165, 1.54) is 16.7 Å². The molecule has 0 saturated heterocycles. The van der Waals surface area contributed by atoms with Gasteiger partial charge in [-0.1, -0.05) is 28.1 Å². The molecule has 0 bridgehead atoms. The van der Waals surface area contributed by atoms with Gasteiger partial charge in [0.2, 0.25) is 0 Å². The fourth-order valence-corrected chi connectivity index (χ4v) is 2.38. The maximum atomic E-state index is 5.97. The van der Waals surface area contributed by atoms with E-state index >= 15 is 0 Å². The van der Waals surface area contributed by atoms with Crippen LogP contribution in [0.1, 0.15) is 22.3 Å². The lowest BCUT2D eigenvalue weighted by atomic mass is 10.1. The Morgan fingerprint density at radius 2 is 1.84 bits per heavy atom. The van der Waals surface area contributed by atoms with Gasteiger partial charge in [-0.05, 0) is 55.7 Å². The van der Waals surface area contributed by atoms with E-state index < -0.39 is 0 Å². The number of ether oxygens (including phenoxy) is 1. The standard InChI is InChI=1S/C16H18BrNO/c1-10-6-11(2)12(3)16(7-10)19-9-13-4-5-14(17)8-15(13)18/h4-8H,9,18H2,1-3H3. The van der Waals surface area contributed by atoms with Crippen molar-refractivity contribution in [3.63, 3.8) is 0 Å². The van der Waals surface area contributed by atoms with Gasteiger partial charge in [-0.15, -0.1) is 0 Å². The van der Waals surface area contributed by atoms with Crippen LogP contribution in [0.25, 0.3) is 0 Å². The highest BCUT2D eigenvalue weighted by molar-refractivity contribution is 9.10. The second kappa shape index (κ2) is 5.66. The number of halogens is 1. The average molecular weight is 320 g/mol. The molecule has 0 aliphatic heterocycles. The summed E-state index contributed by atoms with van der Waals surface area (Å²) >= 11 is 3.40. The number of rotatable bonds is 3. The zero-order valence-corrected chi connectivity index (χ0v) is 13.0. The van der Waals surface area contributed by atoms with Gasteiger partial charge in [0.05, 0.1) is 0 Å². The number of benzene rings is 2. The minimum absolute atomic E-state index is 0.489. The average Bonchev–Trinajstić information content (AvgIpc) is 2.33. The van der Waals surface area contributed by atoms with Crippen LogP contribution < -0.4 is 10.5 Å². The molecular weight excluding hydrogens is 302 g/mol. The molecule has 0 unspecified atom stereocenters. The van der Waals surface area contributed by atoms with Gasteiger partial charge >= 0.3 is 0 Å². The molecule has 100 valence electrons. The van der Waals surface area contributed by atoms with Gasteiger partial charge in [0, 0.05) is 15.7 Å². The Hall–Kier alpha value is -1.48. The van der Waals surface area contributed by atoms with Gasteiger partial charge in [-0.25, -0.2) is 0 Å². The van der Waals surface area contributed by atoms with E-state index in [-0.39, 0.29) is 0 Å². The van der Waals surface area contributed by atoms with Crippen molar-refractivity contribution in [2.75, 3.05) is 5.73 Å². The van der Waals surface area contributed by atoms with Crippen molar-refractivity contribution in [3.8, 4) is 5.75 Å². The van der Waals surface area contributed by atoms with E-state index in [1.807, 2.05) is 18.2 Å². The molecule has 0 saturated carbocycles. The summed E-state index contributed by atoms with van der Waals surface area (Å²) in [7, 11) is 0. The van der Waals surface area contributed by atoms with Crippen LogP contribution in [0.3, 0.4) is 0 Å². The van der Waals surface area contributed by atoms with E-state index in [4.69, 9.17) is 10.5 Å². The molecule has 2 aromatic rings. The quantitative estimate of drug-likeness (QED) is 0.843. The first-order valence-corrected chi connectivity index (χ1v) is 7.01. The normalized spacial score (nSPS) is 10.5. The summed E-state index contributed by atoms with van der Waals surface area (Å²) in [5.41, 5.74) is 11.4. The lowest BCUT2D eigenvalue weighted by molar-refractivity contribution is 0.304. The maximum Gasteiger partial charge on any atom is 0.123 e. The van der Waals surface area contributed by atoms with Gasteiger partial charge in [0.1, 0.15) is 12.4 Å². The highest BCUT2D eigenvalue weighted by Crippen LogP contribution is 2.25. The molecule has 0 radical (unpaired) electrons. The highest BCUT2D eigenvalue weighted by Gasteiger charge is 2.06. The van der Waals surface area contributed by atoms with Crippen LogP contribution in [-0.2, 0) is 6.61 Å². The highest BCUT2D eigenvalue weighted by atomic mass is 79.9. The fraction of sp³-hybridized carbons (Fsp3) is 0.250. The fourth-order valence-electron chi connectivity index (χ4n) is 2.00. The number of aryl methyl sites for hydroxylation is 2. The Bertz CT molecular complexity index is 608. The zero-order valence-electron chi connectivity index (χ0n) is 11.5. The Balaban J connectivity index is 2.19. The molecule has 0 aliphatic rings. The Morgan fingerprint density at radius 3 is 2.53 bits per heavy atom. The predicted octanol–water partition coefficient (Wildman–Crippen LogP) is 4.54. The molecular formula is C16H18BrNO. The van der Waals surface area contributed by atoms with Crippen LogP contribution in [0.15, 0.2) is 34.8 Å². The van der Waals surface area contributed by atoms with Crippen LogP contribution in [0.5, 0.6) is 5.75 Å². The second-order valence-electron chi connectivity index (χ2n) is 4.84. The summed E-state index contributed by atoms with van der Waals surface area (Å²) in [5.74, 6) is 0.930. The first kappa shape index (κ1) is 13.9. The Kier molecular flexibility index (Phi) is 4.15. The third-order valence-electron chi connectivity index (χ3n) is 3.26. The smallest absolute Gasteiger partial charge is 0.123 e. The first-order valence-electron chi connectivity index (χ1n) is 6.22. The molecule has 0 atom stereocenters. The van der Waals surface area contributed by atoms with E-state index in [2.05, 4.69) is 48.8 Å². The molecule has 0 spiro atoms. The molecule has 3 heteroatoms. The van der Waals surface area contributed by atoms with Crippen molar-refractivity contribution in [2.24, 2.45) is 0 Å². The van der Waals surface area contributed by atoms with Crippen LogP contribution in [-0.4, -0.2) is 0 Å². The summed E-state index contributed by atoms with van der Waals surface area (Å²) in [5, 5.41) is 0. The molecule has 0 heterocycles. The largest absolute Gasteiger partial charge is 0.489 e. The van der Waals surface area contributed by atoms with Crippen molar-refractivity contribution in [1.82, 2.24) is 0 Å². The Morgan fingerprint density at radius 1 is 1.11 bits per heavy atom. The van der Waals surface area contributed by atoms with Crippen LogP contribution in [0.2, 0.25) is 0 Å².